The van der Waals surface area contributed by atoms with E-state index in [0.29, 0.717) is 26.1 Å². The molecule has 1 fully saturated rings. The molecule has 6 heteroatoms. The number of carbonyl (C=O) groups excluding carboxylic acids is 1. The minimum Gasteiger partial charge on any atom is -0.355 e. The first-order chi connectivity index (χ1) is 7.06. The van der Waals surface area contributed by atoms with Gasteiger partial charge in [0.25, 0.3) is 0 Å². The van der Waals surface area contributed by atoms with Crippen molar-refractivity contribution in [1.82, 2.24) is 9.62 Å². The van der Waals surface area contributed by atoms with Gasteiger partial charge < -0.3 is 5.32 Å². The quantitative estimate of drug-likeness (QED) is 0.741. The second kappa shape index (κ2) is 5.46. The fraction of sp³-hybridized carbons (Fsp3) is 0.889. The smallest absolute Gasteiger partial charge is 0.221 e. The summed E-state index contributed by atoms with van der Waals surface area (Å²) >= 11 is 0. The molecule has 0 radical (unpaired) electrons. The molecule has 1 heterocycles. The van der Waals surface area contributed by atoms with Gasteiger partial charge in [0.15, 0.2) is 0 Å². The number of amides is 1. The van der Waals surface area contributed by atoms with Crippen LogP contribution in [-0.4, -0.2) is 44.0 Å². The van der Waals surface area contributed by atoms with Crippen LogP contribution in [0.1, 0.15) is 26.2 Å². The molecule has 15 heavy (non-hydrogen) atoms. The number of hydrogen-bond donors (Lipinski definition) is 1. The van der Waals surface area contributed by atoms with E-state index in [1.807, 2.05) is 6.92 Å². The number of carbonyl (C=O) groups is 1. The molecule has 0 saturated carbocycles. The topological polar surface area (TPSA) is 66.5 Å². The van der Waals surface area contributed by atoms with Gasteiger partial charge in [0.1, 0.15) is 0 Å². The Labute approximate surface area is 90.9 Å². The summed E-state index contributed by atoms with van der Waals surface area (Å²) in [6.45, 7) is 3.10. The Morgan fingerprint density at radius 1 is 1.40 bits per heavy atom. The van der Waals surface area contributed by atoms with Gasteiger partial charge in [-0.25, -0.2) is 8.42 Å². The molecule has 5 nitrogen and oxygen atoms in total. The van der Waals surface area contributed by atoms with Crippen LogP contribution in [-0.2, 0) is 14.8 Å². The van der Waals surface area contributed by atoms with Crippen molar-refractivity contribution >= 4 is 15.9 Å². The molecule has 0 spiro atoms. The van der Waals surface area contributed by atoms with Crippen LogP contribution in [0.5, 0.6) is 0 Å². The minimum absolute atomic E-state index is 0.0665. The molecule has 0 aromatic rings. The molecular weight excluding hydrogens is 216 g/mol. The van der Waals surface area contributed by atoms with Crippen molar-refractivity contribution in [2.75, 3.05) is 25.4 Å². The van der Waals surface area contributed by atoms with Gasteiger partial charge in [0.05, 0.1) is 5.75 Å². The van der Waals surface area contributed by atoms with Gasteiger partial charge >= 0.3 is 0 Å². The lowest BCUT2D eigenvalue weighted by Crippen LogP contribution is -2.35. The van der Waals surface area contributed by atoms with Gasteiger partial charge in [-0.3, -0.25) is 4.79 Å². The summed E-state index contributed by atoms with van der Waals surface area (Å²) in [5.74, 6) is 0.126. The third-order valence-corrected chi connectivity index (χ3v) is 4.38. The summed E-state index contributed by atoms with van der Waals surface area (Å²) in [6, 6.07) is 0. The summed E-state index contributed by atoms with van der Waals surface area (Å²) < 4.78 is 25.0. The highest BCUT2D eigenvalue weighted by Crippen LogP contribution is 2.07. The third kappa shape index (κ3) is 3.79. The van der Waals surface area contributed by atoms with E-state index in [-0.39, 0.29) is 18.1 Å². The van der Waals surface area contributed by atoms with Crippen molar-refractivity contribution in [3.63, 3.8) is 0 Å². The molecule has 0 atom stereocenters. The van der Waals surface area contributed by atoms with Crippen molar-refractivity contribution < 1.29 is 13.2 Å². The summed E-state index contributed by atoms with van der Waals surface area (Å²) in [5, 5.41) is 2.66. The summed E-state index contributed by atoms with van der Waals surface area (Å²) in [7, 11) is -3.15. The van der Waals surface area contributed by atoms with E-state index in [2.05, 4.69) is 5.32 Å². The standard InChI is InChI=1S/C9H18N2O3S/c1-2-3-8-15(13,14)11-6-4-9(12)10-5-7-11/h2-8H2,1H3,(H,10,12). The number of hydrogen-bond acceptors (Lipinski definition) is 3. The maximum absolute atomic E-state index is 11.8. The van der Waals surface area contributed by atoms with E-state index < -0.39 is 10.0 Å². The van der Waals surface area contributed by atoms with Crippen LogP contribution >= 0.6 is 0 Å². The van der Waals surface area contributed by atoms with E-state index in [4.69, 9.17) is 0 Å². The Bertz CT molecular complexity index is 313. The van der Waals surface area contributed by atoms with Gasteiger partial charge in [0.2, 0.25) is 15.9 Å². The molecule has 1 aliphatic heterocycles. The largest absolute Gasteiger partial charge is 0.355 e. The molecule has 0 unspecified atom stereocenters. The first kappa shape index (κ1) is 12.4. The first-order valence-corrected chi connectivity index (χ1v) is 6.91. The number of nitrogens with one attached hydrogen (secondary N) is 1. The lowest BCUT2D eigenvalue weighted by molar-refractivity contribution is -0.120. The van der Waals surface area contributed by atoms with Crippen molar-refractivity contribution in [3.8, 4) is 0 Å². The van der Waals surface area contributed by atoms with E-state index >= 15 is 0 Å². The van der Waals surface area contributed by atoms with Crippen molar-refractivity contribution in [2.24, 2.45) is 0 Å². The third-order valence-electron chi connectivity index (χ3n) is 2.42. The summed E-state index contributed by atoms with van der Waals surface area (Å²) in [4.78, 5) is 11.0. The van der Waals surface area contributed by atoms with Crippen molar-refractivity contribution in [2.45, 2.75) is 26.2 Å². The van der Waals surface area contributed by atoms with Crippen LogP contribution in [0, 0.1) is 0 Å². The van der Waals surface area contributed by atoms with Crippen LogP contribution in [0.2, 0.25) is 0 Å². The van der Waals surface area contributed by atoms with Gasteiger partial charge in [-0.15, -0.1) is 0 Å². The summed E-state index contributed by atoms with van der Waals surface area (Å²) in [6.07, 6.45) is 1.82. The highest BCUT2D eigenvalue weighted by Gasteiger charge is 2.23. The Balaban J connectivity index is 2.57. The lowest BCUT2D eigenvalue weighted by Gasteiger charge is -2.18. The van der Waals surface area contributed by atoms with Crippen molar-refractivity contribution in [1.29, 1.82) is 0 Å². The predicted octanol–water partition coefficient (Wildman–Crippen LogP) is -0.0618. The van der Waals surface area contributed by atoms with Crippen LogP contribution < -0.4 is 5.32 Å². The molecule has 1 rings (SSSR count). The van der Waals surface area contributed by atoms with Crippen LogP contribution in [0.25, 0.3) is 0 Å². The molecule has 0 aromatic carbocycles. The zero-order valence-corrected chi connectivity index (χ0v) is 9.85. The van der Waals surface area contributed by atoms with E-state index in [9.17, 15) is 13.2 Å². The Morgan fingerprint density at radius 2 is 2.13 bits per heavy atom. The van der Waals surface area contributed by atoms with Crippen LogP contribution in [0.15, 0.2) is 0 Å². The average molecular weight is 234 g/mol. The number of unbranched alkanes of at least 4 members (excludes halogenated alkanes) is 1. The number of rotatable bonds is 4. The SMILES string of the molecule is CCCCS(=O)(=O)N1CCNC(=O)CC1. The van der Waals surface area contributed by atoms with Gasteiger partial charge in [-0.2, -0.15) is 4.31 Å². The highest BCUT2D eigenvalue weighted by atomic mass is 32.2. The molecule has 1 amide bonds. The van der Waals surface area contributed by atoms with Gasteiger partial charge in [0, 0.05) is 26.1 Å². The van der Waals surface area contributed by atoms with Crippen molar-refractivity contribution in [3.05, 3.63) is 0 Å². The number of sulfonamides is 1. The fourth-order valence-corrected chi connectivity index (χ4v) is 3.13. The van der Waals surface area contributed by atoms with Gasteiger partial charge in [-0.05, 0) is 6.42 Å². The van der Waals surface area contributed by atoms with Gasteiger partial charge in [-0.1, -0.05) is 13.3 Å². The molecule has 0 aromatic heterocycles. The Hall–Kier alpha value is -0.620. The Kier molecular flexibility index (Phi) is 4.53. The van der Waals surface area contributed by atoms with E-state index in [0.717, 1.165) is 6.42 Å². The monoisotopic (exact) mass is 234 g/mol. The lowest BCUT2D eigenvalue weighted by atomic mass is 10.4. The maximum Gasteiger partial charge on any atom is 0.221 e. The highest BCUT2D eigenvalue weighted by molar-refractivity contribution is 7.89. The zero-order chi connectivity index (χ0) is 11.3. The molecule has 1 saturated heterocycles. The summed E-state index contributed by atoms with van der Waals surface area (Å²) in [5.41, 5.74) is 0. The normalized spacial score (nSPS) is 19.7. The molecule has 0 aliphatic carbocycles. The first-order valence-electron chi connectivity index (χ1n) is 5.31. The Morgan fingerprint density at radius 3 is 2.80 bits per heavy atom. The molecule has 88 valence electrons. The molecule has 1 aliphatic rings. The molecule has 1 N–H and O–H groups in total. The van der Waals surface area contributed by atoms with E-state index in [1.54, 1.807) is 0 Å². The molecule has 0 bridgehead atoms. The minimum atomic E-state index is -3.15. The average Bonchev–Trinajstić information content (AvgIpc) is 2.40. The second-order valence-corrected chi connectivity index (χ2v) is 5.76. The zero-order valence-electron chi connectivity index (χ0n) is 9.03. The molecular formula is C9H18N2O3S. The second-order valence-electron chi connectivity index (χ2n) is 3.67. The van der Waals surface area contributed by atoms with Crippen LogP contribution in [0.3, 0.4) is 0 Å². The number of nitrogens with zero attached hydrogens (tertiary/aromatic N) is 1. The van der Waals surface area contributed by atoms with Crippen LogP contribution in [0.4, 0.5) is 0 Å². The predicted molar refractivity (Wildman–Crippen MR) is 57.9 cm³/mol. The maximum atomic E-state index is 11.8. The fourth-order valence-electron chi connectivity index (χ4n) is 1.48. The van der Waals surface area contributed by atoms with E-state index in [1.165, 1.54) is 4.31 Å².